The van der Waals surface area contributed by atoms with Gasteiger partial charge in [0.05, 0.1) is 18.8 Å². The van der Waals surface area contributed by atoms with Crippen molar-refractivity contribution < 1.29 is 24.2 Å². The van der Waals surface area contributed by atoms with Gasteiger partial charge < -0.3 is 14.6 Å². The van der Waals surface area contributed by atoms with Crippen molar-refractivity contribution in [1.82, 2.24) is 0 Å². The second-order valence-electron chi connectivity index (χ2n) is 9.56. The fourth-order valence-corrected chi connectivity index (χ4v) is 5.60. The van der Waals surface area contributed by atoms with Gasteiger partial charge in [-0.2, -0.15) is 0 Å². The number of rotatable bonds is 14. The van der Waals surface area contributed by atoms with Crippen molar-refractivity contribution in [2.24, 2.45) is 0 Å². The molecule has 0 atom stereocenters. The average Bonchev–Trinajstić information content (AvgIpc) is 3.43. The number of aryl methyl sites for hydroxylation is 1. The Labute approximate surface area is 233 Å². The van der Waals surface area contributed by atoms with Crippen LogP contribution in [0.2, 0.25) is 0 Å². The minimum absolute atomic E-state index is 0.300. The molecule has 6 heteroatoms. The number of carbonyl (C=O) groups excluding carboxylic acids is 1. The Hall–Kier alpha value is -3.90. The van der Waals surface area contributed by atoms with Crippen LogP contribution in [0, 0.1) is 6.92 Å². The number of ether oxygens (including phenoxy) is 2. The molecule has 4 rings (SSSR count). The lowest BCUT2D eigenvalue weighted by Gasteiger charge is -2.10. The minimum Gasteiger partial charge on any atom is -0.494 e. The van der Waals surface area contributed by atoms with Crippen LogP contribution in [0.4, 0.5) is 0 Å². The number of carbonyl (C=O) groups is 2. The second-order valence-corrected chi connectivity index (χ2v) is 10.6. The third-order valence-corrected chi connectivity index (χ3v) is 7.83. The smallest absolute Gasteiger partial charge is 0.335 e. The van der Waals surface area contributed by atoms with E-state index >= 15 is 0 Å². The monoisotopic (exact) mass is 542 g/mol. The quantitative estimate of drug-likeness (QED) is 0.0980. The Morgan fingerprint density at radius 1 is 0.821 bits per heavy atom. The van der Waals surface area contributed by atoms with E-state index in [-0.39, 0.29) is 5.97 Å². The Balaban J connectivity index is 1.26. The van der Waals surface area contributed by atoms with Gasteiger partial charge in [-0.25, -0.2) is 9.59 Å². The molecule has 4 aromatic rings. The number of unbranched alkanes of at least 4 members (excludes halogenated alkanes) is 5. The fraction of sp³-hybridized carbons (Fsp3) is 0.273. The Bertz CT molecular complexity index is 1450. The van der Waals surface area contributed by atoms with Gasteiger partial charge in [-0.15, -0.1) is 11.3 Å². The molecular weight excluding hydrogens is 508 g/mol. The van der Waals surface area contributed by atoms with Crippen LogP contribution in [0.15, 0.2) is 79.4 Å². The fourth-order valence-electron chi connectivity index (χ4n) is 4.51. The topological polar surface area (TPSA) is 72.8 Å². The van der Waals surface area contributed by atoms with Crippen molar-refractivity contribution in [3.8, 4) is 26.6 Å². The molecule has 0 aliphatic carbocycles. The molecule has 39 heavy (non-hydrogen) atoms. The number of aromatic carboxylic acids is 1. The maximum absolute atomic E-state index is 11.2. The van der Waals surface area contributed by atoms with Crippen LogP contribution in [0.25, 0.3) is 31.7 Å². The third kappa shape index (κ3) is 7.80. The zero-order valence-electron chi connectivity index (χ0n) is 22.3. The maximum atomic E-state index is 11.2. The van der Waals surface area contributed by atoms with Crippen molar-refractivity contribution in [2.75, 3.05) is 13.2 Å². The highest BCUT2D eigenvalue weighted by Gasteiger charge is 2.10. The highest BCUT2D eigenvalue weighted by molar-refractivity contribution is 7.18. The van der Waals surface area contributed by atoms with Crippen molar-refractivity contribution in [3.63, 3.8) is 0 Å². The lowest BCUT2D eigenvalue weighted by Crippen LogP contribution is -2.01. The van der Waals surface area contributed by atoms with Gasteiger partial charge in [0.2, 0.25) is 0 Å². The molecule has 0 amide bonds. The summed E-state index contributed by atoms with van der Waals surface area (Å²) >= 11 is 1.75. The summed E-state index contributed by atoms with van der Waals surface area (Å²) in [6, 6.07) is 22.0. The summed E-state index contributed by atoms with van der Waals surface area (Å²) in [5.41, 5.74) is 3.80. The standard InChI is InChI=1S/C33H34O5S/c1-3-32(34)38-19-9-7-5-4-6-8-18-37-28-14-15-29(23(2)20-28)31-17-16-30(39-31)26-12-10-25-22-27(33(35)36)13-11-24(25)21-26/h3,10-17,20-22H,1,4-9,18-19H2,2H3,(H,35,36). The molecule has 0 saturated carbocycles. The van der Waals surface area contributed by atoms with Gasteiger partial charge in [0, 0.05) is 15.8 Å². The number of carboxylic acid groups (broad SMARTS) is 1. The number of hydrogen-bond acceptors (Lipinski definition) is 5. The van der Waals surface area contributed by atoms with E-state index in [0.29, 0.717) is 18.8 Å². The van der Waals surface area contributed by atoms with Gasteiger partial charge in [0.1, 0.15) is 5.75 Å². The van der Waals surface area contributed by atoms with Gasteiger partial charge in [0.15, 0.2) is 0 Å². The Morgan fingerprint density at radius 2 is 1.51 bits per heavy atom. The predicted molar refractivity (Wildman–Crippen MR) is 159 cm³/mol. The number of hydrogen-bond donors (Lipinski definition) is 1. The first-order chi connectivity index (χ1) is 18.9. The summed E-state index contributed by atoms with van der Waals surface area (Å²) in [6.45, 7) is 6.68. The molecule has 0 aliphatic heterocycles. The number of thiophene rings is 1. The molecule has 0 fully saturated rings. The maximum Gasteiger partial charge on any atom is 0.335 e. The van der Waals surface area contributed by atoms with Gasteiger partial charge in [-0.3, -0.25) is 0 Å². The highest BCUT2D eigenvalue weighted by Crippen LogP contribution is 2.37. The molecule has 1 N–H and O–H groups in total. The van der Waals surface area contributed by atoms with Crippen LogP contribution < -0.4 is 4.74 Å². The van der Waals surface area contributed by atoms with E-state index in [1.807, 2.05) is 24.3 Å². The zero-order valence-corrected chi connectivity index (χ0v) is 23.1. The van der Waals surface area contributed by atoms with Crippen LogP contribution in [0.1, 0.15) is 54.4 Å². The summed E-state index contributed by atoms with van der Waals surface area (Å²) < 4.78 is 11.0. The second kappa shape index (κ2) is 13.8. The Kier molecular flexibility index (Phi) is 9.92. The van der Waals surface area contributed by atoms with Gasteiger partial charge >= 0.3 is 11.9 Å². The number of esters is 1. The van der Waals surface area contributed by atoms with E-state index in [4.69, 9.17) is 9.47 Å². The molecule has 0 saturated heterocycles. The predicted octanol–water partition coefficient (Wildman–Crippen LogP) is 8.69. The minimum atomic E-state index is -0.912. The number of fused-ring (bicyclic) bond motifs is 1. The van der Waals surface area contributed by atoms with E-state index in [0.717, 1.165) is 60.6 Å². The third-order valence-electron chi connectivity index (χ3n) is 6.66. The first kappa shape index (κ1) is 28.1. The van der Waals surface area contributed by atoms with Gasteiger partial charge in [-0.05, 0) is 95.8 Å². The zero-order chi connectivity index (χ0) is 27.6. The SMILES string of the molecule is C=CC(=O)OCCCCCCCCOc1ccc(-c2ccc(-c3ccc4cc(C(=O)O)ccc4c3)s2)c(C)c1. The van der Waals surface area contributed by atoms with Crippen molar-refractivity contribution >= 4 is 34.0 Å². The number of benzene rings is 3. The molecule has 0 aliphatic rings. The molecule has 0 unspecified atom stereocenters. The lowest BCUT2D eigenvalue weighted by atomic mass is 10.0. The summed E-state index contributed by atoms with van der Waals surface area (Å²) in [4.78, 5) is 24.6. The summed E-state index contributed by atoms with van der Waals surface area (Å²) in [5.74, 6) is -0.367. The molecule has 3 aromatic carbocycles. The van der Waals surface area contributed by atoms with Crippen LogP contribution in [-0.4, -0.2) is 30.3 Å². The molecule has 0 bridgehead atoms. The van der Waals surface area contributed by atoms with E-state index in [1.54, 1.807) is 23.5 Å². The normalized spacial score (nSPS) is 10.9. The van der Waals surface area contributed by atoms with Crippen LogP contribution >= 0.6 is 11.3 Å². The molecule has 1 heterocycles. The molecule has 5 nitrogen and oxygen atoms in total. The van der Waals surface area contributed by atoms with E-state index in [2.05, 4.69) is 43.8 Å². The molecule has 202 valence electrons. The first-order valence-corrected chi connectivity index (χ1v) is 14.2. The largest absolute Gasteiger partial charge is 0.494 e. The van der Waals surface area contributed by atoms with Crippen LogP contribution in [0.5, 0.6) is 5.75 Å². The molecule has 0 spiro atoms. The number of carboxylic acids is 1. The summed E-state index contributed by atoms with van der Waals surface area (Å²) in [6.07, 6.45) is 7.57. The Morgan fingerprint density at radius 3 is 2.26 bits per heavy atom. The molecule has 0 radical (unpaired) electrons. The van der Waals surface area contributed by atoms with Crippen molar-refractivity contribution in [1.29, 1.82) is 0 Å². The van der Waals surface area contributed by atoms with Gasteiger partial charge in [0.25, 0.3) is 0 Å². The highest BCUT2D eigenvalue weighted by atomic mass is 32.1. The first-order valence-electron chi connectivity index (χ1n) is 13.3. The summed E-state index contributed by atoms with van der Waals surface area (Å²) in [7, 11) is 0. The van der Waals surface area contributed by atoms with E-state index < -0.39 is 5.97 Å². The van der Waals surface area contributed by atoms with Gasteiger partial charge in [-0.1, -0.05) is 50.5 Å². The van der Waals surface area contributed by atoms with Crippen molar-refractivity contribution in [2.45, 2.75) is 45.4 Å². The molecule has 1 aromatic heterocycles. The lowest BCUT2D eigenvalue weighted by molar-refractivity contribution is -0.137. The summed E-state index contributed by atoms with van der Waals surface area (Å²) in [5, 5.41) is 11.2. The van der Waals surface area contributed by atoms with E-state index in [1.165, 1.54) is 27.0 Å². The average molecular weight is 543 g/mol. The molecular formula is C33H34O5S. The van der Waals surface area contributed by atoms with Crippen molar-refractivity contribution in [3.05, 3.63) is 90.5 Å². The van der Waals surface area contributed by atoms with Crippen LogP contribution in [-0.2, 0) is 9.53 Å². The van der Waals surface area contributed by atoms with E-state index in [9.17, 15) is 14.7 Å². The van der Waals surface area contributed by atoms with Crippen LogP contribution in [0.3, 0.4) is 0 Å².